The Kier molecular flexibility index (Phi) is 3.63. The summed E-state index contributed by atoms with van der Waals surface area (Å²) in [4.78, 5) is 16.8. The first-order valence-electron chi connectivity index (χ1n) is 7.17. The molecule has 3 heteroatoms. The van der Waals surface area contributed by atoms with Crippen molar-refractivity contribution in [2.45, 2.75) is 13.8 Å². The maximum absolute atomic E-state index is 12.2. The van der Waals surface area contributed by atoms with Crippen molar-refractivity contribution in [3.05, 3.63) is 59.8 Å². The molecule has 0 bridgehead atoms. The number of nitrogens with zero attached hydrogens (tertiary/aromatic N) is 1. The number of pyridine rings is 1. The molecule has 0 spiro atoms. The molecule has 0 aliphatic heterocycles. The number of carbonyl (C=O) groups excluding carboxylic acids is 1. The van der Waals surface area contributed by atoms with E-state index in [1.807, 2.05) is 55.5 Å². The van der Waals surface area contributed by atoms with Gasteiger partial charge in [-0.05, 0) is 25.5 Å². The lowest BCUT2D eigenvalue weighted by Gasteiger charge is -2.15. The van der Waals surface area contributed by atoms with Crippen LogP contribution in [0.5, 0.6) is 5.75 Å². The lowest BCUT2D eigenvalue weighted by molar-refractivity contribution is 0.101. The molecule has 0 saturated carbocycles. The molecule has 3 rings (SSSR count). The number of aryl methyl sites for hydroxylation is 1. The number of rotatable bonds is 3. The van der Waals surface area contributed by atoms with Crippen LogP contribution in [0.1, 0.15) is 23.0 Å². The van der Waals surface area contributed by atoms with Crippen LogP contribution in [0.2, 0.25) is 0 Å². The largest absolute Gasteiger partial charge is 0.494 e. The van der Waals surface area contributed by atoms with Crippen LogP contribution in [0.15, 0.2) is 48.5 Å². The van der Waals surface area contributed by atoms with Crippen molar-refractivity contribution in [1.82, 2.24) is 4.98 Å². The fourth-order valence-corrected chi connectivity index (χ4v) is 2.88. The van der Waals surface area contributed by atoms with Crippen LogP contribution < -0.4 is 4.74 Å². The predicted molar refractivity (Wildman–Crippen MR) is 88.5 cm³/mol. The summed E-state index contributed by atoms with van der Waals surface area (Å²) in [6.45, 7) is 3.46. The van der Waals surface area contributed by atoms with Crippen LogP contribution in [0.4, 0.5) is 0 Å². The van der Waals surface area contributed by atoms with Crippen LogP contribution in [0.25, 0.3) is 22.0 Å². The Morgan fingerprint density at radius 1 is 1.05 bits per heavy atom. The molecule has 22 heavy (non-hydrogen) atoms. The number of Topliss-reactive ketones (excluding diaryl/α,β-unsaturated/α-hetero) is 1. The molecule has 0 aliphatic rings. The maximum atomic E-state index is 12.2. The Balaban J connectivity index is 2.50. The van der Waals surface area contributed by atoms with Gasteiger partial charge in [-0.25, -0.2) is 4.98 Å². The van der Waals surface area contributed by atoms with E-state index in [2.05, 4.69) is 4.98 Å². The zero-order chi connectivity index (χ0) is 15.7. The molecule has 0 amide bonds. The summed E-state index contributed by atoms with van der Waals surface area (Å²) in [7, 11) is 1.63. The van der Waals surface area contributed by atoms with Crippen molar-refractivity contribution in [3.8, 4) is 16.9 Å². The third kappa shape index (κ3) is 2.25. The lowest BCUT2D eigenvalue weighted by atomic mass is 9.92. The topological polar surface area (TPSA) is 39.2 Å². The molecule has 3 aromatic rings. The fourth-order valence-electron chi connectivity index (χ4n) is 2.88. The Bertz CT molecular complexity index is 854. The molecule has 1 aromatic heterocycles. The van der Waals surface area contributed by atoms with E-state index in [9.17, 15) is 4.79 Å². The molecular formula is C19H17NO2. The average molecular weight is 291 g/mol. The van der Waals surface area contributed by atoms with Gasteiger partial charge in [0.05, 0.1) is 7.11 Å². The van der Waals surface area contributed by atoms with Crippen LogP contribution >= 0.6 is 0 Å². The second-order valence-electron chi connectivity index (χ2n) is 5.23. The summed E-state index contributed by atoms with van der Waals surface area (Å²) in [5.41, 5.74) is 4.12. The Labute approximate surface area is 129 Å². The van der Waals surface area contributed by atoms with Gasteiger partial charge in [-0.3, -0.25) is 4.79 Å². The quantitative estimate of drug-likeness (QED) is 0.670. The van der Waals surface area contributed by atoms with E-state index >= 15 is 0 Å². The van der Waals surface area contributed by atoms with E-state index in [4.69, 9.17) is 4.74 Å². The average Bonchev–Trinajstić information content (AvgIpc) is 2.53. The number of para-hydroxylation sites is 1. The molecule has 0 radical (unpaired) electrons. The van der Waals surface area contributed by atoms with E-state index in [-0.39, 0.29) is 5.78 Å². The van der Waals surface area contributed by atoms with E-state index in [0.717, 1.165) is 27.7 Å². The summed E-state index contributed by atoms with van der Waals surface area (Å²) < 4.78 is 5.43. The minimum Gasteiger partial charge on any atom is -0.494 e. The zero-order valence-corrected chi connectivity index (χ0v) is 12.9. The van der Waals surface area contributed by atoms with Gasteiger partial charge in [-0.1, -0.05) is 42.5 Å². The highest BCUT2D eigenvalue weighted by atomic mass is 16.5. The van der Waals surface area contributed by atoms with E-state index in [0.29, 0.717) is 11.3 Å². The van der Waals surface area contributed by atoms with Gasteiger partial charge in [0.15, 0.2) is 5.78 Å². The number of hydrogen-bond donors (Lipinski definition) is 0. The number of fused-ring (bicyclic) bond motifs is 1. The molecule has 110 valence electrons. The smallest absolute Gasteiger partial charge is 0.162 e. The number of hydrogen-bond acceptors (Lipinski definition) is 3. The highest BCUT2D eigenvalue weighted by molar-refractivity contribution is 6.10. The first kappa shape index (κ1) is 14.3. The van der Waals surface area contributed by atoms with Gasteiger partial charge in [-0.2, -0.15) is 0 Å². The molecular weight excluding hydrogens is 274 g/mol. The third-order valence-corrected chi connectivity index (χ3v) is 3.79. The number of carbonyl (C=O) groups is 1. The normalized spacial score (nSPS) is 10.7. The first-order chi connectivity index (χ1) is 10.6. The summed E-state index contributed by atoms with van der Waals surface area (Å²) in [5, 5.41) is 0.932. The van der Waals surface area contributed by atoms with Gasteiger partial charge in [0.25, 0.3) is 0 Å². The number of benzene rings is 2. The lowest BCUT2D eigenvalue weighted by Crippen LogP contribution is -2.04. The van der Waals surface area contributed by atoms with Gasteiger partial charge < -0.3 is 4.74 Å². The van der Waals surface area contributed by atoms with Crippen molar-refractivity contribution < 1.29 is 9.53 Å². The molecule has 0 N–H and O–H groups in total. The molecule has 1 heterocycles. The van der Waals surface area contributed by atoms with Gasteiger partial charge in [0.2, 0.25) is 0 Å². The van der Waals surface area contributed by atoms with Crippen LogP contribution in [0, 0.1) is 6.92 Å². The van der Waals surface area contributed by atoms with Gasteiger partial charge in [0.1, 0.15) is 11.3 Å². The molecule has 3 nitrogen and oxygen atoms in total. The number of aromatic nitrogens is 1. The molecule has 0 unspecified atom stereocenters. The van der Waals surface area contributed by atoms with Crippen molar-refractivity contribution in [2.24, 2.45) is 0 Å². The van der Waals surface area contributed by atoms with Crippen molar-refractivity contribution in [3.63, 3.8) is 0 Å². The third-order valence-electron chi connectivity index (χ3n) is 3.79. The summed E-state index contributed by atoms with van der Waals surface area (Å²) in [6, 6.07) is 15.7. The van der Waals surface area contributed by atoms with Crippen LogP contribution in [0.3, 0.4) is 0 Å². The van der Waals surface area contributed by atoms with Gasteiger partial charge in [0, 0.05) is 22.2 Å². The van der Waals surface area contributed by atoms with Crippen molar-refractivity contribution in [2.75, 3.05) is 7.11 Å². The van der Waals surface area contributed by atoms with Crippen molar-refractivity contribution in [1.29, 1.82) is 0 Å². The first-order valence-corrected chi connectivity index (χ1v) is 7.17. The van der Waals surface area contributed by atoms with Gasteiger partial charge in [-0.15, -0.1) is 0 Å². The second kappa shape index (κ2) is 5.60. The molecule has 0 atom stereocenters. The monoisotopic (exact) mass is 291 g/mol. The molecule has 0 fully saturated rings. The van der Waals surface area contributed by atoms with Gasteiger partial charge >= 0.3 is 0 Å². The molecule has 0 aliphatic carbocycles. The highest BCUT2D eigenvalue weighted by Gasteiger charge is 2.19. The number of ether oxygens (including phenoxy) is 1. The molecule has 2 aromatic carbocycles. The maximum Gasteiger partial charge on any atom is 0.162 e. The Hall–Kier alpha value is -2.68. The number of methoxy groups -OCH3 is 1. The summed E-state index contributed by atoms with van der Waals surface area (Å²) in [6.07, 6.45) is 0. The zero-order valence-electron chi connectivity index (χ0n) is 12.9. The summed E-state index contributed by atoms with van der Waals surface area (Å²) in [5.74, 6) is 0.737. The minimum absolute atomic E-state index is 0.0218. The van der Waals surface area contributed by atoms with Crippen LogP contribution in [-0.2, 0) is 0 Å². The predicted octanol–water partition coefficient (Wildman–Crippen LogP) is 4.42. The highest BCUT2D eigenvalue weighted by Crippen LogP contribution is 2.36. The Morgan fingerprint density at radius 2 is 1.77 bits per heavy atom. The van der Waals surface area contributed by atoms with Crippen molar-refractivity contribution >= 4 is 16.7 Å². The SMILES string of the molecule is COc1cccc2c(-c3ccccc3)c(C(C)=O)c(C)nc12. The van der Waals surface area contributed by atoms with E-state index < -0.39 is 0 Å². The van der Waals surface area contributed by atoms with Crippen LogP contribution in [-0.4, -0.2) is 17.9 Å². The Morgan fingerprint density at radius 3 is 2.41 bits per heavy atom. The summed E-state index contributed by atoms with van der Waals surface area (Å²) >= 11 is 0. The van der Waals surface area contributed by atoms with E-state index in [1.54, 1.807) is 14.0 Å². The minimum atomic E-state index is 0.0218. The number of ketones is 1. The standard InChI is InChI=1S/C19H17NO2/c1-12-17(13(2)21)18(14-8-5-4-6-9-14)15-10-7-11-16(22-3)19(15)20-12/h4-11H,1-3H3. The molecule has 0 saturated heterocycles. The second-order valence-corrected chi connectivity index (χ2v) is 5.23. The van der Waals surface area contributed by atoms with E-state index in [1.165, 1.54) is 0 Å². The fraction of sp³-hybridized carbons (Fsp3) is 0.158.